The van der Waals surface area contributed by atoms with Gasteiger partial charge in [0.25, 0.3) is 0 Å². The number of para-hydroxylation sites is 1. The highest BCUT2D eigenvalue weighted by Crippen LogP contribution is 2.28. The third-order valence-electron chi connectivity index (χ3n) is 2.17. The van der Waals surface area contributed by atoms with Crippen LogP contribution in [0, 0.1) is 0 Å². The van der Waals surface area contributed by atoms with Crippen LogP contribution < -0.4 is 0 Å². The van der Waals surface area contributed by atoms with Crippen LogP contribution in [0.5, 0.6) is 5.75 Å². The van der Waals surface area contributed by atoms with Gasteiger partial charge < -0.3 is 0 Å². The summed E-state index contributed by atoms with van der Waals surface area (Å²) in [6, 6.07) is 7.30. The van der Waals surface area contributed by atoms with Gasteiger partial charge in [-0.25, -0.2) is 0 Å². The molecule has 0 aliphatic heterocycles. The van der Waals surface area contributed by atoms with Gasteiger partial charge in [0.1, 0.15) is 0 Å². The van der Waals surface area contributed by atoms with Gasteiger partial charge in [-0.1, -0.05) is 38.5 Å². The summed E-state index contributed by atoms with van der Waals surface area (Å²) < 4.78 is 0. The second-order valence-corrected chi connectivity index (χ2v) is 3.23. The Kier molecular flexibility index (Phi) is 3.15. The van der Waals surface area contributed by atoms with E-state index in [2.05, 4.69) is 13.8 Å². The highest BCUT2D eigenvalue weighted by molar-refractivity contribution is 5.34. The molecule has 0 heterocycles. The van der Waals surface area contributed by atoms with E-state index in [-0.39, 0.29) is 5.75 Å². The van der Waals surface area contributed by atoms with Crippen LogP contribution in [0.2, 0.25) is 0 Å². The van der Waals surface area contributed by atoms with Crippen molar-refractivity contribution in [2.75, 3.05) is 0 Å². The van der Waals surface area contributed by atoms with Crippen LogP contribution in [-0.4, -0.2) is 0 Å². The fourth-order valence-corrected chi connectivity index (χ4v) is 1.48. The molecular formula is C11H15O. The minimum absolute atomic E-state index is 0.179. The fourth-order valence-electron chi connectivity index (χ4n) is 1.48. The van der Waals surface area contributed by atoms with Gasteiger partial charge >= 0.3 is 0 Å². The summed E-state index contributed by atoms with van der Waals surface area (Å²) in [4.78, 5) is 0. The van der Waals surface area contributed by atoms with Gasteiger partial charge in [-0.3, -0.25) is 5.11 Å². The molecule has 1 aromatic carbocycles. The van der Waals surface area contributed by atoms with E-state index in [9.17, 15) is 5.11 Å². The van der Waals surface area contributed by atoms with Gasteiger partial charge in [0.15, 0.2) is 5.75 Å². The van der Waals surface area contributed by atoms with E-state index < -0.39 is 0 Å². The quantitative estimate of drug-likeness (QED) is 0.647. The molecular weight excluding hydrogens is 148 g/mol. The van der Waals surface area contributed by atoms with Crippen molar-refractivity contribution < 1.29 is 5.11 Å². The van der Waals surface area contributed by atoms with Crippen molar-refractivity contribution in [3.8, 4) is 5.75 Å². The van der Waals surface area contributed by atoms with E-state index in [1.807, 2.05) is 12.1 Å². The zero-order chi connectivity index (χ0) is 8.97. The summed E-state index contributed by atoms with van der Waals surface area (Å²) in [5, 5.41) is 11.3. The first-order valence-corrected chi connectivity index (χ1v) is 4.51. The van der Waals surface area contributed by atoms with Gasteiger partial charge in [-0.05, 0) is 18.4 Å². The van der Waals surface area contributed by atoms with Gasteiger partial charge in [0.2, 0.25) is 0 Å². The Morgan fingerprint density at radius 1 is 1.33 bits per heavy atom. The monoisotopic (exact) mass is 163 g/mol. The zero-order valence-corrected chi connectivity index (χ0v) is 7.71. The lowest BCUT2D eigenvalue weighted by Crippen LogP contribution is -1.92. The van der Waals surface area contributed by atoms with E-state index in [4.69, 9.17) is 0 Å². The van der Waals surface area contributed by atoms with E-state index >= 15 is 0 Å². The Bertz CT molecular complexity index is 243. The van der Waals surface area contributed by atoms with E-state index in [1.165, 1.54) is 0 Å². The highest BCUT2D eigenvalue weighted by atomic mass is 16.3. The molecule has 0 aromatic heterocycles. The van der Waals surface area contributed by atoms with Crippen LogP contribution in [0.1, 0.15) is 38.2 Å². The van der Waals surface area contributed by atoms with Crippen LogP contribution in [0.15, 0.2) is 24.3 Å². The molecule has 1 radical (unpaired) electrons. The molecule has 0 fully saturated rings. The lowest BCUT2D eigenvalue weighted by atomic mass is 9.96. The van der Waals surface area contributed by atoms with E-state index in [0.717, 1.165) is 18.4 Å². The van der Waals surface area contributed by atoms with Crippen LogP contribution in [0.3, 0.4) is 0 Å². The van der Waals surface area contributed by atoms with Crippen molar-refractivity contribution in [3.63, 3.8) is 0 Å². The molecule has 0 amide bonds. The van der Waals surface area contributed by atoms with Gasteiger partial charge in [-0.2, -0.15) is 0 Å². The molecule has 1 unspecified atom stereocenters. The van der Waals surface area contributed by atoms with Crippen LogP contribution in [0.4, 0.5) is 0 Å². The molecule has 1 atom stereocenters. The maximum atomic E-state index is 11.3. The molecule has 0 N–H and O–H groups in total. The third-order valence-corrected chi connectivity index (χ3v) is 2.17. The van der Waals surface area contributed by atoms with E-state index in [1.54, 1.807) is 12.1 Å². The van der Waals surface area contributed by atoms with Crippen LogP contribution >= 0.6 is 0 Å². The standard InChI is InChI=1S/C11H15O/c1-3-6-9(2)10-7-4-5-8-11(10)12/h4-5,7-9H,3,6H2,1-2H3. The largest absolute Gasteiger partial charge is 0.290 e. The SMILES string of the molecule is CCCC(C)c1ccccc1[O]. The Morgan fingerprint density at radius 2 is 2.00 bits per heavy atom. The molecule has 1 rings (SSSR count). The molecule has 0 aliphatic rings. The summed E-state index contributed by atoms with van der Waals surface area (Å²) in [6.45, 7) is 4.25. The van der Waals surface area contributed by atoms with Crippen molar-refractivity contribution >= 4 is 0 Å². The van der Waals surface area contributed by atoms with Gasteiger partial charge in [-0.15, -0.1) is 0 Å². The molecule has 12 heavy (non-hydrogen) atoms. The Morgan fingerprint density at radius 3 is 2.58 bits per heavy atom. The summed E-state index contributed by atoms with van der Waals surface area (Å²) >= 11 is 0. The molecule has 0 spiro atoms. The second kappa shape index (κ2) is 4.15. The highest BCUT2D eigenvalue weighted by Gasteiger charge is 2.08. The van der Waals surface area contributed by atoms with Crippen molar-refractivity contribution in [3.05, 3.63) is 29.8 Å². The summed E-state index contributed by atoms with van der Waals surface area (Å²) in [6.07, 6.45) is 2.23. The Balaban J connectivity index is 2.79. The first kappa shape index (κ1) is 9.11. The van der Waals surface area contributed by atoms with Gasteiger partial charge in [0.05, 0.1) is 0 Å². The first-order chi connectivity index (χ1) is 5.75. The fraction of sp³-hybridized carbons (Fsp3) is 0.455. The van der Waals surface area contributed by atoms with Crippen molar-refractivity contribution in [2.24, 2.45) is 0 Å². The minimum atomic E-state index is 0.179. The summed E-state index contributed by atoms with van der Waals surface area (Å²) in [7, 11) is 0. The topological polar surface area (TPSA) is 19.9 Å². The molecule has 1 nitrogen and oxygen atoms in total. The number of hydrogen-bond acceptors (Lipinski definition) is 0. The average molecular weight is 163 g/mol. The third kappa shape index (κ3) is 2.00. The zero-order valence-electron chi connectivity index (χ0n) is 7.71. The van der Waals surface area contributed by atoms with E-state index in [0.29, 0.717) is 5.92 Å². The lowest BCUT2D eigenvalue weighted by molar-refractivity contribution is 0.346. The maximum Gasteiger partial charge on any atom is 0.182 e. The Labute approximate surface area is 74.1 Å². The predicted octanol–water partition coefficient (Wildman–Crippen LogP) is 3.73. The minimum Gasteiger partial charge on any atom is -0.290 e. The molecule has 1 aromatic rings. The summed E-state index contributed by atoms with van der Waals surface area (Å²) in [5.41, 5.74) is 0.958. The smallest absolute Gasteiger partial charge is 0.182 e. The molecule has 0 aliphatic carbocycles. The summed E-state index contributed by atoms with van der Waals surface area (Å²) in [5.74, 6) is 0.585. The lowest BCUT2D eigenvalue weighted by Gasteiger charge is -2.09. The van der Waals surface area contributed by atoms with Crippen molar-refractivity contribution in [1.29, 1.82) is 0 Å². The molecule has 1 heteroatoms. The number of rotatable bonds is 3. The Hall–Kier alpha value is -0.980. The van der Waals surface area contributed by atoms with Gasteiger partial charge in [0, 0.05) is 5.56 Å². The average Bonchev–Trinajstić information content (AvgIpc) is 2.05. The predicted molar refractivity (Wildman–Crippen MR) is 49.9 cm³/mol. The number of benzene rings is 1. The second-order valence-electron chi connectivity index (χ2n) is 3.23. The van der Waals surface area contributed by atoms with Crippen LogP contribution in [-0.2, 0) is 5.11 Å². The normalized spacial score (nSPS) is 12.8. The molecule has 0 saturated heterocycles. The maximum absolute atomic E-state index is 11.3. The first-order valence-electron chi connectivity index (χ1n) is 4.51. The van der Waals surface area contributed by atoms with Crippen molar-refractivity contribution in [2.45, 2.75) is 32.6 Å². The molecule has 0 bridgehead atoms. The van der Waals surface area contributed by atoms with Crippen LogP contribution in [0.25, 0.3) is 0 Å². The molecule has 65 valence electrons. The molecule has 0 saturated carbocycles. The van der Waals surface area contributed by atoms with Crippen molar-refractivity contribution in [1.82, 2.24) is 0 Å². The number of hydrogen-bond donors (Lipinski definition) is 0.